The van der Waals surface area contributed by atoms with Gasteiger partial charge < -0.3 is 15.6 Å². The summed E-state index contributed by atoms with van der Waals surface area (Å²) in [6.45, 7) is 1.56. The molecule has 4 nitrogen and oxygen atoms in total. The number of thiazole rings is 1. The van der Waals surface area contributed by atoms with Gasteiger partial charge in [0.2, 0.25) is 0 Å². The van der Waals surface area contributed by atoms with Gasteiger partial charge in [0.15, 0.2) is 5.13 Å². The van der Waals surface area contributed by atoms with Crippen LogP contribution in [0.25, 0.3) is 0 Å². The van der Waals surface area contributed by atoms with Crippen molar-refractivity contribution in [1.82, 2.24) is 4.98 Å². The number of anilines is 1. The number of nitrogen functional groups attached to an aromatic ring is 1. The van der Waals surface area contributed by atoms with Crippen molar-refractivity contribution in [3.63, 3.8) is 0 Å². The van der Waals surface area contributed by atoms with Gasteiger partial charge in [0, 0.05) is 12.6 Å². The highest BCUT2D eigenvalue weighted by molar-refractivity contribution is 7.15. The van der Waals surface area contributed by atoms with Gasteiger partial charge in [0.05, 0.1) is 4.88 Å². The van der Waals surface area contributed by atoms with E-state index in [0.717, 1.165) is 0 Å². The van der Waals surface area contributed by atoms with Crippen molar-refractivity contribution in [1.29, 1.82) is 0 Å². The summed E-state index contributed by atoms with van der Waals surface area (Å²) in [6.07, 6.45) is 2.23. The summed E-state index contributed by atoms with van der Waals surface area (Å²) < 4.78 is 0. The predicted molar refractivity (Wildman–Crippen MR) is 46.8 cm³/mol. The molecule has 0 aliphatic rings. The van der Waals surface area contributed by atoms with Crippen molar-refractivity contribution in [2.24, 2.45) is 0 Å². The topological polar surface area (TPSA) is 76.2 Å². The van der Waals surface area contributed by atoms with Crippen LogP contribution in [0.5, 0.6) is 0 Å². The molecule has 0 spiro atoms. The molecule has 1 aromatic rings. The van der Waals surface area contributed by atoms with E-state index in [9.17, 15) is 9.90 Å². The smallest absolute Gasteiger partial charge is 0.180 e. The van der Waals surface area contributed by atoms with Crippen LogP contribution in [0.4, 0.5) is 5.13 Å². The average molecular weight is 186 g/mol. The van der Waals surface area contributed by atoms with E-state index in [1.165, 1.54) is 17.5 Å². The van der Waals surface area contributed by atoms with E-state index in [1.807, 2.05) is 0 Å². The molecule has 0 aliphatic heterocycles. The Morgan fingerprint density at radius 1 is 1.92 bits per heavy atom. The third-order valence-corrected chi connectivity index (χ3v) is 2.61. The van der Waals surface area contributed by atoms with E-state index >= 15 is 0 Å². The Balaban J connectivity index is 2.88. The van der Waals surface area contributed by atoms with Crippen molar-refractivity contribution < 1.29 is 9.90 Å². The highest BCUT2D eigenvalue weighted by Gasteiger charge is 2.24. The van der Waals surface area contributed by atoms with Crippen molar-refractivity contribution in [3.05, 3.63) is 11.1 Å². The first-order valence-corrected chi connectivity index (χ1v) is 4.26. The molecule has 66 valence electrons. The monoisotopic (exact) mass is 186 g/mol. The van der Waals surface area contributed by atoms with Gasteiger partial charge in [-0.2, -0.15) is 0 Å². The zero-order chi connectivity index (χ0) is 9.19. The summed E-state index contributed by atoms with van der Waals surface area (Å²) in [5, 5.41) is 10.1. The summed E-state index contributed by atoms with van der Waals surface area (Å²) in [4.78, 5) is 14.6. The molecule has 0 aromatic carbocycles. The molecule has 1 atom stereocenters. The molecule has 1 aromatic heterocycles. The van der Waals surface area contributed by atoms with Gasteiger partial charge in [-0.05, 0) is 6.92 Å². The van der Waals surface area contributed by atoms with Gasteiger partial charge in [-0.15, -0.1) is 0 Å². The molecular formula is C7H10N2O2S. The Bertz CT molecular complexity index is 283. The molecule has 0 fully saturated rings. The number of nitrogens with zero attached hydrogens (tertiary/aromatic N) is 1. The van der Waals surface area contributed by atoms with Crippen LogP contribution in [0.2, 0.25) is 0 Å². The van der Waals surface area contributed by atoms with Gasteiger partial charge in [-0.1, -0.05) is 11.3 Å². The van der Waals surface area contributed by atoms with E-state index in [1.54, 1.807) is 6.92 Å². The molecule has 1 heterocycles. The maximum atomic E-state index is 10.2. The van der Waals surface area contributed by atoms with Crippen LogP contribution < -0.4 is 5.73 Å². The molecule has 0 bridgehead atoms. The van der Waals surface area contributed by atoms with Gasteiger partial charge in [0.25, 0.3) is 0 Å². The summed E-state index contributed by atoms with van der Waals surface area (Å²) in [6, 6.07) is 0. The van der Waals surface area contributed by atoms with Crippen LogP contribution in [0.3, 0.4) is 0 Å². The molecule has 12 heavy (non-hydrogen) atoms. The highest BCUT2D eigenvalue weighted by atomic mass is 32.1. The lowest BCUT2D eigenvalue weighted by Crippen LogP contribution is -2.19. The van der Waals surface area contributed by atoms with Crippen molar-refractivity contribution in [2.45, 2.75) is 18.9 Å². The van der Waals surface area contributed by atoms with Crippen LogP contribution in [-0.4, -0.2) is 16.4 Å². The SMILES string of the molecule is CC(O)(CC=O)c1cnc(N)s1. The van der Waals surface area contributed by atoms with Crippen LogP contribution >= 0.6 is 11.3 Å². The number of aldehydes is 1. The normalized spacial score (nSPS) is 15.5. The second kappa shape index (κ2) is 3.20. The van der Waals surface area contributed by atoms with Crippen molar-refractivity contribution in [3.8, 4) is 0 Å². The minimum Gasteiger partial charge on any atom is -0.384 e. The van der Waals surface area contributed by atoms with Gasteiger partial charge in [0.1, 0.15) is 11.9 Å². The molecule has 1 unspecified atom stereocenters. The van der Waals surface area contributed by atoms with E-state index in [2.05, 4.69) is 4.98 Å². The number of aliphatic hydroxyl groups is 1. The van der Waals surface area contributed by atoms with Crippen LogP contribution in [0.15, 0.2) is 6.20 Å². The number of carbonyl (C=O) groups is 1. The summed E-state index contributed by atoms with van der Waals surface area (Å²) in [5.74, 6) is 0. The lowest BCUT2D eigenvalue weighted by Gasteiger charge is -2.17. The van der Waals surface area contributed by atoms with Crippen molar-refractivity contribution >= 4 is 22.8 Å². The molecule has 0 radical (unpaired) electrons. The van der Waals surface area contributed by atoms with Gasteiger partial charge in [-0.25, -0.2) is 4.98 Å². The zero-order valence-electron chi connectivity index (χ0n) is 6.65. The minimum absolute atomic E-state index is 0.0641. The van der Waals surface area contributed by atoms with Crippen LogP contribution in [-0.2, 0) is 10.4 Å². The van der Waals surface area contributed by atoms with Crippen LogP contribution in [0, 0.1) is 0 Å². The van der Waals surface area contributed by atoms with Crippen LogP contribution in [0.1, 0.15) is 18.2 Å². The zero-order valence-corrected chi connectivity index (χ0v) is 7.47. The first-order chi connectivity index (χ1) is 5.56. The molecule has 1 rings (SSSR count). The lowest BCUT2D eigenvalue weighted by molar-refractivity contribution is -0.111. The molecule has 0 amide bonds. The Labute approximate surface area is 74.0 Å². The Hall–Kier alpha value is -0.940. The summed E-state index contributed by atoms with van der Waals surface area (Å²) in [5.41, 5.74) is 4.25. The Morgan fingerprint density at radius 2 is 2.58 bits per heavy atom. The Morgan fingerprint density at radius 3 is 3.00 bits per heavy atom. The summed E-state index contributed by atoms with van der Waals surface area (Å²) in [7, 11) is 0. The fourth-order valence-electron chi connectivity index (χ4n) is 0.799. The fraction of sp³-hybridized carbons (Fsp3) is 0.429. The maximum Gasteiger partial charge on any atom is 0.180 e. The molecule has 3 N–H and O–H groups in total. The van der Waals surface area contributed by atoms with E-state index in [-0.39, 0.29) is 6.42 Å². The third-order valence-electron chi connectivity index (χ3n) is 1.54. The fourth-order valence-corrected chi connectivity index (χ4v) is 1.54. The predicted octanol–water partition coefficient (Wildman–Crippen LogP) is 0.522. The van der Waals surface area contributed by atoms with Crippen molar-refractivity contribution in [2.75, 3.05) is 5.73 Å². The molecule has 0 saturated heterocycles. The minimum atomic E-state index is -1.13. The number of hydrogen-bond donors (Lipinski definition) is 2. The van der Waals surface area contributed by atoms with Gasteiger partial charge in [-0.3, -0.25) is 0 Å². The number of rotatable bonds is 3. The largest absolute Gasteiger partial charge is 0.384 e. The summed E-state index contributed by atoms with van der Waals surface area (Å²) >= 11 is 1.19. The molecule has 0 saturated carbocycles. The second-order valence-electron chi connectivity index (χ2n) is 2.71. The number of aromatic nitrogens is 1. The second-order valence-corrected chi connectivity index (χ2v) is 3.77. The van der Waals surface area contributed by atoms with E-state index in [0.29, 0.717) is 16.3 Å². The highest BCUT2D eigenvalue weighted by Crippen LogP contribution is 2.29. The third kappa shape index (κ3) is 1.80. The lowest BCUT2D eigenvalue weighted by atomic mass is 10.0. The van der Waals surface area contributed by atoms with E-state index in [4.69, 9.17) is 5.73 Å². The van der Waals surface area contributed by atoms with Gasteiger partial charge >= 0.3 is 0 Å². The molecule has 5 heteroatoms. The molecular weight excluding hydrogens is 176 g/mol. The first-order valence-electron chi connectivity index (χ1n) is 3.44. The standard InChI is InChI=1S/C7H10N2O2S/c1-7(11,2-3-10)5-4-9-6(8)12-5/h3-4,11H,2H2,1H3,(H2,8,9). The first kappa shape index (κ1) is 9.15. The number of carbonyl (C=O) groups excluding carboxylic acids is 1. The number of nitrogens with two attached hydrogens (primary N) is 1. The number of hydrogen-bond acceptors (Lipinski definition) is 5. The van der Waals surface area contributed by atoms with E-state index < -0.39 is 5.60 Å². The maximum absolute atomic E-state index is 10.2. The quantitative estimate of drug-likeness (QED) is 0.675. The Kier molecular flexibility index (Phi) is 2.44. The molecule has 0 aliphatic carbocycles. The average Bonchev–Trinajstić information content (AvgIpc) is 2.36.